The molecule has 0 atom stereocenters. The molecule has 1 aliphatic carbocycles. The largest absolute Gasteiger partial charge is 0.355 e. The predicted molar refractivity (Wildman–Crippen MR) is 67.3 cm³/mol. The first-order valence-electron chi connectivity index (χ1n) is 6.45. The van der Waals surface area contributed by atoms with Gasteiger partial charge in [0.2, 0.25) is 5.91 Å². The summed E-state index contributed by atoms with van der Waals surface area (Å²) in [6, 6.07) is 2.24. The van der Waals surface area contributed by atoms with Gasteiger partial charge in [0, 0.05) is 6.54 Å². The number of carbonyl (C=O) groups excluding carboxylic acids is 1. The lowest BCUT2D eigenvalue weighted by Gasteiger charge is -2.29. The molecule has 17 heavy (non-hydrogen) atoms. The summed E-state index contributed by atoms with van der Waals surface area (Å²) >= 11 is 0. The van der Waals surface area contributed by atoms with E-state index in [1.165, 1.54) is 0 Å². The number of nitrogens with one attached hydrogen (secondary N) is 1. The predicted octanol–water partition coefficient (Wildman–Crippen LogP) is 1.53. The highest BCUT2D eigenvalue weighted by Crippen LogP contribution is 2.35. The van der Waals surface area contributed by atoms with E-state index in [0.717, 1.165) is 45.1 Å². The minimum atomic E-state index is -0.740. The Morgan fingerprint density at radius 1 is 1.35 bits per heavy atom. The van der Waals surface area contributed by atoms with E-state index < -0.39 is 5.41 Å². The Hall–Kier alpha value is -1.08. The molecule has 0 heterocycles. The lowest BCUT2D eigenvalue weighted by molar-refractivity contribution is -0.129. The molecule has 0 unspecified atom stereocenters. The summed E-state index contributed by atoms with van der Waals surface area (Å²) in [5, 5.41) is 12.1. The van der Waals surface area contributed by atoms with Crippen LogP contribution in [0.2, 0.25) is 0 Å². The molecule has 0 bridgehead atoms. The molecule has 0 aromatic carbocycles. The summed E-state index contributed by atoms with van der Waals surface area (Å²) in [5.41, 5.74) is -0.740. The molecule has 1 amide bonds. The van der Waals surface area contributed by atoms with Gasteiger partial charge in [-0.2, -0.15) is 5.26 Å². The molecular formula is C13H23N3O. The van der Waals surface area contributed by atoms with Crippen LogP contribution in [0.25, 0.3) is 0 Å². The van der Waals surface area contributed by atoms with E-state index in [1.54, 1.807) is 0 Å². The third-order valence-electron chi connectivity index (χ3n) is 3.42. The van der Waals surface area contributed by atoms with Gasteiger partial charge in [0.15, 0.2) is 0 Å². The van der Waals surface area contributed by atoms with Gasteiger partial charge in [-0.05, 0) is 39.9 Å². The van der Waals surface area contributed by atoms with Crippen molar-refractivity contribution in [2.45, 2.75) is 38.5 Å². The van der Waals surface area contributed by atoms with Gasteiger partial charge < -0.3 is 10.2 Å². The van der Waals surface area contributed by atoms with Gasteiger partial charge in [-0.1, -0.05) is 19.3 Å². The highest BCUT2D eigenvalue weighted by molar-refractivity contribution is 5.85. The molecule has 0 spiro atoms. The molecule has 0 aromatic heterocycles. The molecule has 0 radical (unpaired) electrons. The van der Waals surface area contributed by atoms with Crippen LogP contribution in [0, 0.1) is 16.7 Å². The van der Waals surface area contributed by atoms with Crippen molar-refractivity contribution in [3.63, 3.8) is 0 Å². The van der Waals surface area contributed by atoms with E-state index in [0.29, 0.717) is 6.54 Å². The zero-order valence-corrected chi connectivity index (χ0v) is 11.0. The fourth-order valence-electron chi connectivity index (χ4n) is 2.31. The van der Waals surface area contributed by atoms with Crippen LogP contribution in [-0.4, -0.2) is 38.0 Å². The average Bonchev–Trinajstić information content (AvgIpc) is 2.35. The Morgan fingerprint density at radius 2 is 2.00 bits per heavy atom. The minimum absolute atomic E-state index is 0.0570. The van der Waals surface area contributed by atoms with E-state index in [9.17, 15) is 10.1 Å². The first-order valence-corrected chi connectivity index (χ1v) is 6.45. The Kier molecular flexibility index (Phi) is 5.43. The van der Waals surface area contributed by atoms with Crippen molar-refractivity contribution < 1.29 is 4.79 Å². The SMILES string of the molecule is CN(C)CCCNC(=O)C1(C#N)CCCCC1. The lowest BCUT2D eigenvalue weighted by atomic mass is 9.74. The van der Waals surface area contributed by atoms with Gasteiger partial charge in [-0.25, -0.2) is 0 Å². The summed E-state index contributed by atoms with van der Waals surface area (Å²) in [4.78, 5) is 14.1. The highest BCUT2D eigenvalue weighted by Gasteiger charge is 2.39. The van der Waals surface area contributed by atoms with Crippen molar-refractivity contribution in [2.24, 2.45) is 5.41 Å². The number of carbonyl (C=O) groups is 1. The van der Waals surface area contributed by atoms with Crippen molar-refractivity contribution in [3.8, 4) is 6.07 Å². The number of nitriles is 1. The van der Waals surface area contributed by atoms with Crippen LogP contribution in [-0.2, 0) is 4.79 Å². The zero-order chi connectivity index (χ0) is 12.7. The number of hydrogen-bond acceptors (Lipinski definition) is 3. The van der Waals surface area contributed by atoms with Gasteiger partial charge in [0.05, 0.1) is 6.07 Å². The Labute approximate surface area is 104 Å². The second-order valence-electron chi connectivity index (χ2n) is 5.17. The third kappa shape index (κ3) is 4.01. The molecule has 1 aliphatic rings. The van der Waals surface area contributed by atoms with Gasteiger partial charge >= 0.3 is 0 Å². The fraction of sp³-hybridized carbons (Fsp3) is 0.846. The van der Waals surface area contributed by atoms with Gasteiger partial charge in [0.25, 0.3) is 0 Å². The zero-order valence-electron chi connectivity index (χ0n) is 11.0. The van der Waals surface area contributed by atoms with Gasteiger partial charge in [0.1, 0.15) is 5.41 Å². The van der Waals surface area contributed by atoms with Crippen LogP contribution in [0.4, 0.5) is 0 Å². The second-order valence-corrected chi connectivity index (χ2v) is 5.17. The molecule has 1 N–H and O–H groups in total. The molecule has 1 fully saturated rings. The van der Waals surface area contributed by atoms with Crippen LogP contribution < -0.4 is 5.32 Å². The van der Waals surface area contributed by atoms with Crippen LogP contribution in [0.3, 0.4) is 0 Å². The first-order chi connectivity index (χ1) is 8.10. The molecule has 1 rings (SSSR count). The molecular weight excluding hydrogens is 214 g/mol. The second kappa shape index (κ2) is 6.61. The number of rotatable bonds is 5. The van der Waals surface area contributed by atoms with Crippen LogP contribution >= 0.6 is 0 Å². The molecule has 0 saturated heterocycles. The highest BCUT2D eigenvalue weighted by atomic mass is 16.2. The number of amides is 1. The van der Waals surface area contributed by atoms with Crippen molar-refractivity contribution in [3.05, 3.63) is 0 Å². The molecule has 4 nitrogen and oxygen atoms in total. The Bertz CT molecular complexity index is 288. The number of nitrogens with zero attached hydrogens (tertiary/aromatic N) is 2. The van der Waals surface area contributed by atoms with Gasteiger partial charge in [-0.3, -0.25) is 4.79 Å². The third-order valence-corrected chi connectivity index (χ3v) is 3.42. The Balaban J connectivity index is 2.37. The van der Waals surface area contributed by atoms with E-state index in [-0.39, 0.29) is 5.91 Å². The van der Waals surface area contributed by atoms with E-state index in [1.807, 2.05) is 14.1 Å². The number of hydrogen-bond donors (Lipinski definition) is 1. The van der Waals surface area contributed by atoms with E-state index in [4.69, 9.17) is 0 Å². The molecule has 96 valence electrons. The van der Waals surface area contributed by atoms with E-state index >= 15 is 0 Å². The van der Waals surface area contributed by atoms with E-state index in [2.05, 4.69) is 16.3 Å². The smallest absolute Gasteiger partial charge is 0.240 e. The monoisotopic (exact) mass is 237 g/mol. The molecule has 0 aliphatic heterocycles. The van der Waals surface area contributed by atoms with Crippen molar-refractivity contribution in [2.75, 3.05) is 27.2 Å². The first kappa shape index (κ1) is 14.0. The summed E-state index contributed by atoms with van der Waals surface area (Å²) in [6.07, 6.45) is 5.53. The van der Waals surface area contributed by atoms with Gasteiger partial charge in [-0.15, -0.1) is 0 Å². The Morgan fingerprint density at radius 3 is 2.53 bits per heavy atom. The van der Waals surface area contributed by atoms with Crippen molar-refractivity contribution in [1.29, 1.82) is 5.26 Å². The fourth-order valence-corrected chi connectivity index (χ4v) is 2.31. The van der Waals surface area contributed by atoms with Crippen LogP contribution in [0.5, 0.6) is 0 Å². The maximum absolute atomic E-state index is 12.0. The summed E-state index contributed by atoms with van der Waals surface area (Å²) < 4.78 is 0. The summed E-state index contributed by atoms with van der Waals surface area (Å²) in [6.45, 7) is 1.63. The quantitative estimate of drug-likeness (QED) is 0.738. The minimum Gasteiger partial charge on any atom is -0.355 e. The molecule has 4 heteroatoms. The average molecular weight is 237 g/mol. The topological polar surface area (TPSA) is 56.1 Å². The van der Waals surface area contributed by atoms with Crippen LogP contribution in [0.15, 0.2) is 0 Å². The lowest BCUT2D eigenvalue weighted by Crippen LogP contribution is -2.42. The maximum atomic E-state index is 12.0. The van der Waals surface area contributed by atoms with Crippen molar-refractivity contribution >= 4 is 5.91 Å². The normalized spacial score (nSPS) is 18.7. The molecule has 1 saturated carbocycles. The molecule has 0 aromatic rings. The maximum Gasteiger partial charge on any atom is 0.240 e. The summed E-state index contributed by atoms with van der Waals surface area (Å²) in [5.74, 6) is -0.0570. The van der Waals surface area contributed by atoms with Crippen molar-refractivity contribution in [1.82, 2.24) is 10.2 Å². The standard InChI is InChI=1S/C13H23N3O/c1-16(2)10-6-9-15-12(17)13(11-14)7-4-3-5-8-13/h3-10H2,1-2H3,(H,15,17). The summed E-state index contributed by atoms with van der Waals surface area (Å²) in [7, 11) is 4.03. The van der Waals surface area contributed by atoms with Crippen LogP contribution in [0.1, 0.15) is 38.5 Å².